The molecular weight excluding hydrogens is 352 g/mol. The minimum absolute atomic E-state index is 0.0120. The second-order valence-corrected chi connectivity index (χ2v) is 10.7. The number of esters is 1. The third kappa shape index (κ3) is 2.52. The highest BCUT2D eigenvalue weighted by atomic mass is 16.5. The molecule has 0 heterocycles. The predicted molar refractivity (Wildman–Crippen MR) is 107 cm³/mol. The van der Waals surface area contributed by atoms with E-state index in [1.165, 1.54) is 6.92 Å². The molecule has 1 N–H and O–H groups in total. The van der Waals surface area contributed by atoms with Gasteiger partial charge in [0.2, 0.25) is 0 Å². The van der Waals surface area contributed by atoms with Crippen LogP contribution >= 0.6 is 0 Å². The first-order valence-corrected chi connectivity index (χ1v) is 11.1. The van der Waals surface area contributed by atoms with E-state index >= 15 is 0 Å². The number of hydrogen-bond acceptors (Lipinski definition) is 4. The highest BCUT2D eigenvalue weighted by Crippen LogP contribution is 2.67. The van der Waals surface area contributed by atoms with Crippen LogP contribution in [0.3, 0.4) is 0 Å². The summed E-state index contributed by atoms with van der Waals surface area (Å²) in [6.45, 7) is 9.70. The van der Waals surface area contributed by atoms with Crippen LogP contribution in [-0.2, 0) is 14.3 Å². The molecule has 3 fully saturated rings. The van der Waals surface area contributed by atoms with Gasteiger partial charge in [-0.2, -0.15) is 0 Å². The van der Waals surface area contributed by atoms with Crippen molar-refractivity contribution in [3.63, 3.8) is 0 Å². The molecule has 4 nitrogen and oxygen atoms in total. The zero-order chi connectivity index (χ0) is 20.5. The Balaban J connectivity index is 1.64. The smallest absolute Gasteiger partial charge is 0.302 e. The zero-order valence-corrected chi connectivity index (χ0v) is 18.1. The summed E-state index contributed by atoms with van der Waals surface area (Å²) in [6.07, 6.45) is 9.43. The van der Waals surface area contributed by atoms with Crippen molar-refractivity contribution in [3.8, 4) is 0 Å². The molecule has 0 bridgehead atoms. The fourth-order valence-electron chi connectivity index (χ4n) is 7.92. The fraction of sp³-hybridized carbons (Fsp3) is 0.833. The monoisotopic (exact) mass is 388 g/mol. The van der Waals surface area contributed by atoms with E-state index in [-0.39, 0.29) is 34.6 Å². The lowest BCUT2D eigenvalue weighted by Gasteiger charge is -2.57. The Morgan fingerprint density at radius 2 is 1.86 bits per heavy atom. The number of fused-ring (bicyclic) bond motifs is 5. The number of ether oxygens (including phenoxy) is 1. The van der Waals surface area contributed by atoms with Crippen molar-refractivity contribution in [2.24, 2.45) is 34.5 Å². The first kappa shape index (κ1) is 20.1. The van der Waals surface area contributed by atoms with Crippen molar-refractivity contribution >= 4 is 11.8 Å². The lowest BCUT2D eigenvalue weighted by molar-refractivity contribution is -0.158. The number of ketones is 1. The molecule has 0 aliphatic heterocycles. The van der Waals surface area contributed by atoms with Gasteiger partial charge in [-0.3, -0.25) is 9.59 Å². The summed E-state index contributed by atoms with van der Waals surface area (Å²) in [5.74, 6) is 1.18. The van der Waals surface area contributed by atoms with Crippen molar-refractivity contribution in [3.05, 3.63) is 11.6 Å². The van der Waals surface area contributed by atoms with Crippen molar-refractivity contribution in [2.45, 2.75) is 91.3 Å². The molecule has 28 heavy (non-hydrogen) atoms. The third-order valence-corrected chi connectivity index (χ3v) is 9.43. The second-order valence-electron chi connectivity index (χ2n) is 10.7. The minimum atomic E-state index is -1.20. The number of carbonyl (C=O) groups excluding carboxylic acids is 2. The van der Waals surface area contributed by atoms with Gasteiger partial charge in [0.15, 0.2) is 5.78 Å². The van der Waals surface area contributed by atoms with E-state index in [1.807, 2.05) is 0 Å². The normalized spacial score (nSPS) is 50.1. The van der Waals surface area contributed by atoms with Gasteiger partial charge in [-0.05, 0) is 81.0 Å². The summed E-state index contributed by atoms with van der Waals surface area (Å²) in [4.78, 5) is 23.9. The van der Waals surface area contributed by atoms with E-state index in [1.54, 1.807) is 12.5 Å². The Kier molecular flexibility index (Phi) is 4.61. The van der Waals surface area contributed by atoms with Crippen LogP contribution in [0.25, 0.3) is 0 Å². The molecule has 0 aromatic rings. The average Bonchev–Trinajstić information content (AvgIpc) is 2.83. The van der Waals surface area contributed by atoms with Gasteiger partial charge in [-0.15, -0.1) is 0 Å². The summed E-state index contributed by atoms with van der Waals surface area (Å²) in [6, 6.07) is 0. The first-order valence-electron chi connectivity index (χ1n) is 11.1. The molecule has 0 aromatic heterocycles. The summed E-state index contributed by atoms with van der Waals surface area (Å²) in [7, 11) is 0. The van der Waals surface area contributed by atoms with Crippen molar-refractivity contribution in [1.82, 2.24) is 0 Å². The Hall–Kier alpha value is -1.16. The Bertz CT molecular complexity index is 726. The summed E-state index contributed by atoms with van der Waals surface area (Å²) in [5, 5.41) is 11.5. The third-order valence-electron chi connectivity index (χ3n) is 9.43. The molecule has 0 saturated heterocycles. The number of allylic oxidation sites excluding steroid dienone is 2. The van der Waals surface area contributed by atoms with Crippen LogP contribution < -0.4 is 0 Å². The number of Topliss-reactive ketones (excluding diaryl/α,β-unsaturated/α-hetero) is 1. The van der Waals surface area contributed by atoms with E-state index < -0.39 is 5.60 Å². The largest absolute Gasteiger partial charge is 0.463 e. The van der Waals surface area contributed by atoms with Crippen molar-refractivity contribution in [1.29, 1.82) is 0 Å². The molecule has 3 saturated carbocycles. The molecule has 0 aromatic carbocycles. The number of carbonyl (C=O) groups is 2. The zero-order valence-electron chi connectivity index (χ0n) is 18.1. The summed E-state index contributed by atoms with van der Waals surface area (Å²) in [5.41, 5.74) is 0.184. The van der Waals surface area contributed by atoms with Crippen LogP contribution in [0.4, 0.5) is 0 Å². The topological polar surface area (TPSA) is 63.6 Å². The van der Waals surface area contributed by atoms with Gasteiger partial charge in [-0.1, -0.05) is 32.4 Å². The van der Waals surface area contributed by atoms with Gasteiger partial charge in [0.1, 0.15) is 11.7 Å². The fourth-order valence-corrected chi connectivity index (χ4v) is 7.92. The maximum absolute atomic E-state index is 12.5. The van der Waals surface area contributed by atoms with Gasteiger partial charge in [-0.25, -0.2) is 0 Å². The molecule has 8 atom stereocenters. The molecular formula is C24H36O4. The predicted octanol–water partition coefficient (Wildman–Crippen LogP) is 4.45. The van der Waals surface area contributed by atoms with E-state index in [2.05, 4.69) is 26.8 Å². The lowest BCUT2D eigenvalue weighted by atomic mass is 9.48. The quantitative estimate of drug-likeness (QED) is 0.561. The second kappa shape index (κ2) is 6.42. The summed E-state index contributed by atoms with van der Waals surface area (Å²) < 4.78 is 5.55. The van der Waals surface area contributed by atoms with Crippen LogP contribution in [0.1, 0.15) is 79.6 Å². The summed E-state index contributed by atoms with van der Waals surface area (Å²) >= 11 is 0. The van der Waals surface area contributed by atoms with Gasteiger partial charge < -0.3 is 9.84 Å². The van der Waals surface area contributed by atoms with Crippen LogP contribution in [0, 0.1) is 34.5 Å². The number of hydrogen-bond donors (Lipinski definition) is 1. The molecule has 4 rings (SSSR count). The van der Waals surface area contributed by atoms with Gasteiger partial charge in [0.05, 0.1) is 0 Å². The molecule has 0 amide bonds. The molecule has 4 aliphatic carbocycles. The standard InChI is InChI=1S/C24H36O4/c1-14-12-21-19-7-6-17-13-18(28-16(3)26)8-10-22(17,4)20(19)9-11-23(21,5)24(14,27)15(2)25/h9,14,17-19,21,27H,6-8,10-13H2,1-5H3/t14-,17-,18-,19+,21-,22-,23-,24-/m0/s1. The molecule has 156 valence electrons. The van der Waals surface area contributed by atoms with E-state index in [4.69, 9.17) is 4.74 Å². The average molecular weight is 389 g/mol. The van der Waals surface area contributed by atoms with E-state index in [0.717, 1.165) is 44.9 Å². The van der Waals surface area contributed by atoms with Crippen molar-refractivity contribution in [2.75, 3.05) is 0 Å². The van der Waals surface area contributed by atoms with Gasteiger partial charge >= 0.3 is 5.97 Å². The maximum atomic E-state index is 12.5. The van der Waals surface area contributed by atoms with Crippen molar-refractivity contribution < 1.29 is 19.4 Å². The first-order chi connectivity index (χ1) is 13.0. The number of rotatable bonds is 2. The maximum Gasteiger partial charge on any atom is 0.302 e. The van der Waals surface area contributed by atoms with E-state index in [9.17, 15) is 14.7 Å². The highest BCUT2D eigenvalue weighted by Gasteiger charge is 2.66. The minimum Gasteiger partial charge on any atom is -0.463 e. The van der Waals surface area contributed by atoms with Crippen LogP contribution in [0.2, 0.25) is 0 Å². The van der Waals surface area contributed by atoms with Gasteiger partial charge in [0, 0.05) is 12.3 Å². The van der Waals surface area contributed by atoms with Crippen LogP contribution in [0.5, 0.6) is 0 Å². The van der Waals surface area contributed by atoms with Gasteiger partial charge in [0.25, 0.3) is 0 Å². The number of aliphatic hydroxyl groups is 1. The molecule has 0 unspecified atom stereocenters. The Morgan fingerprint density at radius 3 is 2.50 bits per heavy atom. The van der Waals surface area contributed by atoms with Crippen LogP contribution in [0.15, 0.2) is 11.6 Å². The molecule has 0 spiro atoms. The lowest BCUT2D eigenvalue weighted by Crippen LogP contribution is -2.56. The molecule has 0 radical (unpaired) electrons. The van der Waals surface area contributed by atoms with E-state index in [0.29, 0.717) is 17.8 Å². The Labute approximate surface area is 169 Å². The highest BCUT2D eigenvalue weighted by molar-refractivity contribution is 5.86. The Morgan fingerprint density at radius 1 is 1.14 bits per heavy atom. The SMILES string of the molecule is CC(=O)O[C@H]1CC[C@]2(C)C3=CC[C@@]4(C)[C@@H](C[C@H](C)[C@]4(O)C(C)=O)[C@@H]3CC[C@H]2C1. The van der Waals surface area contributed by atoms with Crippen LogP contribution in [-0.4, -0.2) is 28.6 Å². The molecule has 4 aliphatic rings. The molecule has 4 heteroatoms.